The molecule has 3 rings (SSSR count). The van der Waals surface area contributed by atoms with E-state index in [0.29, 0.717) is 11.5 Å². The number of rotatable bonds is 2. The number of ether oxygens (including phenoxy) is 4. The Bertz CT molecular complexity index is 554. The zero-order chi connectivity index (χ0) is 15.7. The average Bonchev–Trinajstić information content (AvgIpc) is 2.69. The van der Waals surface area contributed by atoms with E-state index in [1.807, 2.05) is 6.07 Å². The zero-order valence-corrected chi connectivity index (χ0v) is 12.0. The van der Waals surface area contributed by atoms with E-state index in [0.717, 1.165) is 0 Å². The van der Waals surface area contributed by atoms with Crippen LogP contribution in [0.3, 0.4) is 0 Å². The van der Waals surface area contributed by atoms with E-state index in [2.05, 4.69) is 5.32 Å². The molecule has 2 heterocycles. The molecule has 120 valence electrons. The molecule has 2 amide bonds. The molecule has 8 nitrogen and oxygen atoms in total. The van der Waals surface area contributed by atoms with Gasteiger partial charge in [0.15, 0.2) is 23.9 Å². The first-order valence-corrected chi connectivity index (χ1v) is 6.91. The number of para-hydroxylation sites is 2. The molecule has 1 fully saturated rings. The van der Waals surface area contributed by atoms with E-state index in [9.17, 15) is 9.90 Å². The minimum atomic E-state index is -1.12. The van der Waals surface area contributed by atoms with Gasteiger partial charge in [-0.1, -0.05) is 12.1 Å². The summed E-state index contributed by atoms with van der Waals surface area (Å²) >= 11 is 0. The molecule has 4 N–H and O–H groups in total. The van der Waals surface area contributed by atoms with Gasteiger partial charge in [-0.15, -0.1) is 0 Å². The van der Waals surface area contributed by atoms with Gasteiger partial charge in [0, 0.05) is 7.11 Å². The largest absolute Gasteiger partial charge is 0.487 e. The molecule has 0 bridgehead atoms. The Balaban J connectivity index is 1.91. The Hall–Kier alpha value is -2.03. The second-order valence-electron chi connectivity index (χ2n) is 5.14. The lowest BCUT2D eigenvalue weighted by atomic mass is 9.96. The Kier molecular flexibility index (Phi) is 4.06. The topological polar surface area (TPSA) is 112 Å². The molecule has 22 heavy (non-hydrogen) atoms. The van der Waals surface area contributed by atoms with Gasteiger partial charge in [-0.2, -0.15) is 0 Å². The number of urea groups is 1. The fourth-order valence-corrected chi connectivity index (χ4v) is 2.72. The maximum absolute atomic E-state index is 11.2. The van der Waals surface area contributed by atoms with Crippen LogP contribution in [0.2, 0.25) is 0 Å². The van der Waals surface area contributed by atoms with Crippen LogP contribution in [0.4, 0.5) is 4.79 Å². The number of aliphatic hydroxyl groups excluding tert-OH is 1. The van der Waals surface area contributed by atoms with Gasteiger partial charge >= 0.3 is 6.03 Å². The Morgan fingerprint density at radius 3 is 2.82 bits per heavy atom. The summed E-state index contributed by atoms with van der Waals surface area (Å²) in [5.74, 6) is 1.08. The zero-order valence-electron chi connectivity index (χ0n) is 12.0. The van der Waals surface area contributed by atoms with Crippen molar-refractivity contribution in [1.82, 2.24) is 5.32 Å². The summed E-state index contributed by atoms with van der Waals surface area (Å²) in [5.41, 5.74) is 5.20. The van der Waals surface area contributed by atoms with Crippen LogP contribution in [0, 0.1) is 0 Å². The van der Waals surface area contributed by atoms with Gasteiger partial charge in [0.2, 0.25) is 0 Å². The number of carbonyl (C=O) groups excluding carboxylic acids is 1. The molecule has 1 aromatic carbocycles. The van der Waals surface area contributed by atoms with E-state index >= 15 is 0 Å². The van der Waals surface area contributed by atoms with Crippen LogP contribution in [0.15, 0.2) is 24.3 Å². The number of aliphatic hydroxyl groups is 1. The molecule has 0 aromatic heterocycles. The van der Waals surface area contributed by atoms with Crippen LogP contribution < -0.4 is 20.5 Å². The lowest BCUT2D eigenvalue weighted by Gasteiger charge is -2.42. The van der Waals surface area contributed by atoms with Gasteiger partial charge < -0.3 is 35.1 Å². The van der Waals surface area contributed by atoms with Crippen LogP contribution in [-0.4, -0.2) is 55.5 Å². The summed E-state index contributed by atoms with van der Waals surface area (Å²) in [4.78, 5) is 11.2. The third-order valence-electron chi connectivity index (χ3n) is 3.73. The maximum atomic E-state index is 11.2. The fraction of sp³-hybridized carbons (Fsp3) is 0.500. The van der Waals surface area contributed by atoms with Crippen LogP contribution in [-0.2, 0) is 9.47 Å². The molecule has 0 radical (unpaired) electrons. The number of hydrogen-bond acceptors (Lipinski definition) is 6. The molecular weight excluding hydrogens is 292 g/mol. The van der Waals surface area contributed by atoms with Gasteiger partial charge in [0.25, 0.3) is 0 Å². The van der Waals surface area contributed by atoms with Crippen molar-refractivity contribution >= 4 is 6.03 Å². The maximum Gasteiger partial charge on any atom is 0.312 e. The molecule has 0 spiro atoms. The Morgan fingerprint density at radius 2 is 2.14 bits per heavy atom. The number of hydrogen-bond donors (Lipinski definition) is 3. The van der Waals surface area contributed by atoms with Gasteiger partial charge in [-0.05, 0) is 12.1 Å². The molecule has 2 aliphatic heterocycles. The quantitative estimate of drug-likeness (QED) is 0.685. The highest BCUT2D eigenvalue weighted by atomic mass is 16.7. The van der Waals surface area contributed by atoms with Crippen molar-refractivity contribution in [2.24, 2.45) is 5.73 Å². The number of methoxy groups -OCH3 is 1. The SMILES string of the molecule is CO[C@H]1O[C@H]2COc3ccccc3O[C@@H]2[C@@H](NC(N)=O)[C@@H]1O. The monoisotopic (exact) mass is 310 g/mol. The second kappa shape index (κ2) is 5.99. The Labute approximate surface area is 127 Å². The van der Waals surface area contributed by atoms with Crippen molar-refractivity contribution in [3.8, 4) is 11.5 Å². The van der Waals surface area contributed by atoms with Crippen LogP contribution in [0.1, 0.15) is 0 Å². The minimum Gasteiger partial charge on any atom is -0.487 e. The molecule has 0 unspecified atom stereocenters. The van der Waals surface area contributed by atoms with Crippen molar-refractivity contribution in [3.63, 3.8) is 0 Å². The molecule has 8 heteroatoms. The highest BCUT2D eigenvalue weighted by Gasteiger charge is 2.49. The predicted molar refractivity (Wildman–Crippen MR) is 74.5 cm³/mol. The lowest BCUT2D eigenvalue weighted by Crippen LogP contribution is -2.67. The standard InChI is InChI=1S/C14H18N2O6/c1-19-13-11(17)10(16-14(15)18)12-9(22-13)6-20-7-4-2-3-5-8(7)21-12/h2-5,9-13,17H,6H2,1H3,(H3,15,16,18)/t9-,10-,11-,12-,13-/m0/s1. The van der Waals surface area contributed by atoms with Crippen molar-refractivity contribution in [3.05, 3.63) is 24.3 Å². The third kappa shape index (κ3) is 2.68. The number of fused-ring (bicyclic) bond motifs is 2. The molecular formula is C14H18N2O6. The number of amides is 2. The molecule has 0 aliphatic carbocycles. The first-order valence-electron chi connectivity index (χ1n) is 6.91. The van der Waals surface area contributed by atoms with Crippen LogP contribution in [0.25, 0.3) is 0 Å². The summed E-state index contributed by atoms with van der Waals surface area (Å²) in [5, 5.41) is 12.8. The number of carbonyl (C=O) groups is 1. The van der Waals surface area contributed by atoms with E-state index in [1.165, 1.54) is 7.11 Å². The van der Waals surface area contributed by atoms with Gasteiger partial charge in [0.05, 0.1) is 0 Å². The number of nitrogens with one attached hydrogen (secondary N) is 1. The first-order chi connectivity index (χ1) is 10.6. The van der Waals surface area contributed by atoms with Crippen molar-refractivity contribution < 1.29 is 28.8 Å². The number of primary amides is 1. The second-order valence-corrected chi connectivity index (χ2v) is 5.14. The van der Waals surface area contributed by atoms with E-state index in [1.54, 1.807) is 18.2 Å². The van der Waals surface area contributed by atoms with E-state index in [-0.39, 0.29) is 6.61 Å². The summed E-state index contributed by atoms with van der Waals surface area (Å²) in [7, 11) is 1.41. The lowest BCUT2D eigenvalue weighted by molar-refractivity contribution is -0.262. The summed E-state index contributed by atoms with van der Waals surface area (Å²) < 4.78 is 22.3. The van der Waals surface area contributed by atoms with Gasteiger partial charge in [-0.3, -0.25) is 0 Å². The fourth-order valence-electron chi connectivity index (χ4n) is 2.72. The highest BCUT2D eigenvalue weighted by molar-refractivity contribution is 5.72. The minimum absolute atomic E-state index is 0.200. The van der Waals surface area contributed by atoms with Crippen molar-refractivity contribution in [1.29, 1.82) is 0 Å². The van der Waals surface area contributed by atoms with Crippen LogP contribution >= 0.6 is 0 Å². The highest BCUT2D eigenvalue weighted by Crippen LogP contribution is 2.35. The van der Waals surface area contributed by atoms with Gasteiger partial charge in [0.1, 0.15) is 24.9 Å². The van der Waals surface area contributed by atoms with Crippen molar-refractivity contribution in [2.45, 2.75) is 30.6 Å². The number of nitrogens with two attached hydrogens (primary N) is 1. The average molecular weight is 310 g/mol. The number of benzene rings is 1. The molecule has 1 saturated heterocycles. The predicted octanol–water partition coefficient (Wildman–Crippen LogP) is -0.404. The smallest absolute Gasteiger partial charge is 0.312 e. The Morgan fingerprint density at radius 1 is 1.41 bits per heavy atom. The first kappa shape index (κ1) is 14.9. The summed E-state index contributed by atoms with van der Waals surface area (Å²) in [6.07, 6.45) is -3.22. The summed E-state index contributed by atoms with van der Waals surface area (Å²) in [6.45, 7) is 0.200. The van der Waals surface area contributed by atoms with Crippen LogP contribution in [0.5, 0.6) is 11.5 Å². The molecule has 1 aromatic rings. The van der Waals surface area contributed by atoms with Crippen molar-refractivity contribution in [2.75, 3.05) is 13.7 Å². The third-order valence-corrected chi connectivity index (χ3v) is 3.73. The molecule has 0 saturated carbocycles. The molecule has 2 aliphatic rings. The van der Waals surface area contributed by atoms with E-state index in [4.69, 9.17) is 24.7 Å². The summed E-state index contributed by atoms with van der Waals surface area (Å²) in [6, 6.07) is 5.60. The van der Waals surface area contributed by atoms with Gasteiger partial charge in [-0.25, -0.2) is 4.79 Å². The van der Waals surface area contributed by atoms with E-state index < -0.39 is 36.7 Å². The normalized spacial score (nSPS) is 33.5. The molecule has 5 atom stereocenters.